The van der Waals surface area contributed by atoms with E-state index in [0.717, 1.165) is 27.6 Å². The third-order valence-electron chi connectivity index (χ3n) is 6.28. The average Bonchev–Trinajstić information content (AvgIpc) is 3.34. The first-order valence-corrected chi connectivity index (χ1v) is 13.7. The van der Waals surface area contributed by atoms with E-state index in [1.165, 1.54) is 0 Å². The standard InChI is InChI=1S/C31H33BrN2O4/c1-2-20-33-30(36)31(19-6-10-23-8-4-3-5-9-23)28(24-11-15-26(32)16-12-24)38-29(34-31)25-13-17-27(18-14-25)37-22-7-21-35/h3-6,8-18,28,35H,2,7,19-22H2,1H3,(H,33,36)/b10-6+/t28-,31-/m1/s1. The van der Waals surface area contributed by atoms with E-state index in [0.29, 0.717) is 37.6 Å². The maximum absolute atomic E-state index is 13.8. The molecule has 38 heavy (non-hydrogen) atoms. The number of aliphatic hydroxyl groups is 1. The van der Waals surface area contributed by atoms with Crippen LogP contribution in [0.1, 0.15) is 49.0 Å². The van der Waals surface area contributed by atoms with Gasteiger partial charge in [-0.05, 0) is 53.9 Å². The van der Waals surface area contributed by atoms with Crippen LogP contribution in [-0.4, -0.2) is 42.2 Å². The fraction of sp³-hybridized carbons (Fsp3) is 0.290. The van der Waals surface area contributed by atoms with E-state index in [2.05, 4.69) is 21.2 Å². The van der Waals surface area contributed by atoms with Crippen molar-refractivity contribution in [3.05, 3.63) is 106 Å². The van der Waals surface area contributed by atoms with E-state index in [1.807, 2.05) is 97.9 Å². The van der Waals surface area contributed by atoms with E-state index >= 15 is 0 Å². The van der Waals surface area contributed by atoms with Crippen molar-refractivity contribution in [2.75, 3.05) is 19.8 Å². The third-order valence-corrected chi connectivity index (χ3v) is 6.81. The van der Waals surface area contributed by atoms with Crippen molar-refractivity contribution in [3.63, 3.8) is 0 Å². The lowest BCUT2D eigenvalue weighted by atomic mass is 9.84. The first kappa shape index (κ1) is 27.6. The number of rotatable bonds is 12. The van der Waals surface area contributed by atoms with Crippen molar-refractivity contribution >= 4 is 33.8 Å². The molecule has 0 saturated carbocycles. The second-order valence-electron chi connectivity index (χ2n) is 9.11. The smallest absolute Gasteiger partial charge is 0.252 e. The predicted molar refractivity (Wildman–Crippen MR) is 154 cm³/mol. The number of halogens is 1. The number of nitrogens with zero attached hydrogens (tertiary/aromatic N) is 1. The molecule has 4 rings (SSSR count). The van der Waals surface area contributed by atoms with Gasteiger partial charge >= 0.3 is 0 Å². The van der Waals surface area contributed by atoms with E-state index < -0.39 is 11.6 Å². The van der Waals surface area contributed by atoms with Gasteiger partial charge in [-0.1, -0.05) is 77.5 Å². The molecule has 3 aromatic rings. The van der Waals surface area contributed by atoms with Gasteiger partial charge in [-0.25, -0.2) is 4.99 Å². The van der Waals surface area contributed by atoms with Gasteiger partial charge < -0.3 is 19.9 Å². The highest BCUT2D eigenvalue weighted by Crippen LogP contribution is 2.43. The van der Waals surface area contributed by atoms with E-state index in [-0.39, 0.29) is 12.5 Å². The quantitative estimate of drug-likeness (QED) is 0.255. The van der Waals surface area contributed by atoms with Crippen LogP contribution in [0.3, 0.4) is 0 Å². The van der Waals surface area contributed by atoms with E-state index in [4.69, 9.17) is 19.6 Å². The number of amides is 1. The minimum absolute atomic E-state index is 0.0844. The Morgan fingerprint density at radius 3 is 2.53 bits per heavy atom. The fourth-order valence-electron chi connectivity index (χ4n) is 4.28. The SMILES string of the molecule is CCCNC(=O)[C@]1(C/C=C/c2ccccc2)N=C(c2ccc(OCCCO)cc2)O[C@@H]1c1ccc(Br)cc1. The van der Waals surface area contributed by atoms with Gasteiger partial charge in [-0.15, -0.1) is 0 Å². The normalized spacial score (nSPS) is 18.7. The Morgan fingerprint density at radius 2 is 1.84 bits per heavy atom. The molecule has 0 aliphatic carbocycles. The van der Waals surface area contributed by atoms with Crippen molar-refractivity contribution in [1.29, 1.82) is 0 Å². The molecule has 198 valence electrons. The summed E-state index contributed by atoms with van der Waals surface area (Å²) in [6.07, 6.45) is 5.16. The first-order chi connectivity index (χ1) is 18.6. The molecule has 1 aliphatic heterocycles. The number of carbonyl (C=O) groups is 1. The number of aliphatic imine (C=N–C) groups is 1. The molecule has 1 aliphatic rings. The maximum Gasteiger partial charge on any atom is 0.252 e. The Morgan fingerprint density at radius 1 is 1.11 bits per heavy atom. The highest BCUT2D eigenvalue weighted by molar-refractivity contribution is 9.10. The largest absolute Gasteiger partial charge is 0.494 e. The number of ether oxygens (including phenoxy) is 2. The molecule has 0 bridgehead atoms. The van der Waals surface area contributed by atoms with Crippen LogP contribution in [0.2, 0.25) is 0 Å². The molecular formula is C31H33BrN2O4. The summed E-state index contributed by atoms with van der Waals surface area (Å²) in [5, 5.41) is 12.1. The topological polar surface area (TPSA) is 80.2 Å². The lowest BCUT2D eigenvalue weighted by molar-refractivity contribution is -0.128. The molecule has 0 saturated heterocycles. The molecular weight excluding hydrogens is 544 g/mol. The molecule has 1 heterocycles. The second-order valence-corrected chi connectivity index (χ2v) is 10.0. The van der Waals surface area contributed by atoms with Crippen LogP contribution in [-0.2, 0) is 9.53 Å². The molecule has 0 fully saturated rings. The zero-order valence-corrected chi connectivity index (χ0v) is 23.1. The fourth-order valence-corrected chi connectivity index (χ4v) is 4.55. The average molecular weight is 578 g/mol. The molecule has 1 amide bonds. The number of benzene rings is 3. The summed E-state index contributed by atoms with van der Waals surface area (Å²) < 4.78 is 13.1. The van der Waals surface area contributed by atoms with Gasteiger partial charge in [0.1, 0.15) is 5.75 Å². The van der Waals surface area contributed by atoms with Gasteiger partial charge in [0.05, 0.1) is 6.61 Å². The zero-order valence-electron chi connectivity index (χ0n) is 21.5. The summed E-state index contributed by atoms with van der Waals surface area (Å²) in [4.78, 5) is 18.8. The molecule has 0 aromatic heterocycles. The van der Waals surface area contributed by atoms with Crippen LogP contribution >= 0.6 is 15.9 Å². The summed E-state index contributed by atoms with van der Waals surface area (Å²) in [6, 6.07) is 25.3. The molecule has 0 spiro atoms. The van der Waals surface area contributed by atoms with Gasteiger partial charge in [0, 0.05) is 36.0 Å². The Bertz CT molecular complexity index is 1240. The lowest BCUT2D eigenvalue weighted by Crippen LogP contribution is -2.48. The van der Waals surface area contributed by atoms with Gasteiger partial charge in [-0.2, -0.15) is 0 Å². The van der Waals surface area contributed by atoms with Crippen molar-refractivity contribution < 1.29 is 19.4 Å². The zero-order chi connectivity index (χ0) is 26.8. The Labute approximate surface area is 232 Å². The maximum atomic E-state index is 13.8. The van der Waals surface area contributed by atoms with Crippen LogP contribution in [0.5, 0.6) is 5.75 Å². The molecule has 0 unspecified atom stereocenters. The Kier molecular flexibility index (Phi) is 9.73. The number of carbonyl (C=O) groups excluding carboxylic acids is 1. The number of aliphatic hydroxyl groups excluding tert-OH is 1. The van der Waals surface area contributed by atoms with Crippen LogP contribution in [0.25, 0.3) is 6.08 Å². The van der Waals surface area contributed by atoms with Crippen molar-refractivity contribution in [3.8, 4) is 5.75 Å². The minimum atomic E-state index is -1.18. The van der Waals surface area contributed by atoms with Crippen LogP contribution in [0, 0.1) is 0 Å². The summed E-state index contributed by atoms with van der Waals surface area (Å²) in [5.74, 6) is 0.950. The summed E-state index contributed by atoms with van der Waals surface area (Å²) in [6.45, 7) is 3.10. The Balaban J connectivity index is 1.71. The third kappa shape index (κ3) is 6.71. The molecule has 6 nitrogen and oxygen atoms in total. The van der Waals surface area contributed by atoms with Crippen molar-refractivity contribution in [1.82, 2.24) is 5.32 Å². The van der Waals surface area contributed by atoms with Gasteiger partial charge in [0.15, 0.2) is 11.6 Å². The minimum Gasteiger partial charge on any atom is -0.494 e. The number of hydrogen-bond donors (Lipinski definition) is 2. The van der Waals surface area contributed by atoms with Crippen molar-refractivity contribution in [2.24, 2.45) is 4.99 Å². The van der Waals surface area contributed by atoms with Crippen LogP contribution in [0.15, 0.2) is 94.4 Å². The second kappa shape index (κ2) is 13.4. The summed E-state index contributed by atoms with van der Waals surface area (Å²) in [5.41, 5.74) is 1.51. The van der Waals surface area contributed by atoms with Gasteiger partial charge in [0.2, 0.25) is 5.90 Å². The lowest BCUT2D eigenvalue weighted by Gasteiger charge is -2.29. The number of nitrogens with one attached hydrogen (secondary N) is 1. The molecule has 0 radical (unpaired) electrons. The molecule has 2 N–H and O–H groups in total. The highest BCUT2D eigenvalue weighted by Gasteiger charge is 2.52. The van der Waals surface area contributed by atoms with Crippen molar-refractivity contribution in [2.45, 2.75) is 37.8 Å². The molecule has 3 aromatic carbocycles. The highest BCUT2D eigenvalue weighted by atomic mass is 79.9. The van der Waals surface area contributed by atoms with E-state index in [1.54, 1.807) is 0 Å². The molecule has 7 heteroatoms. The number of hydrogen-bond acceptors (Lipinski definition) is 5. The predicted octanol–water partition coefficient (Wildman–Crippen LogP) is 6.10. The first-order valence-electron chi connectivity index (χ1n) is 12.9. The van der Waals surface area contributed by atoms with Gasteiger partial charge in [-0.3, -0.25) is 4.79 Å². The van der Waals surface area contributed by atoms with E-state index in [9.17, 15) is 4.79 Å². The Hall–Kier alpha value is -3.42. The van der Waals surface area contributed by atoms with Crippen LogP contribution < -0.4 is 10.1 Å². The summed E-state index contributed by atoms with van der Waals surface area (Å²) >= 11 is 3.51. The monoisotopic (exact) mass is 576 g/mol. The van der Waals surface area contributed by atoms with Gasteiger partial charge in [0.25, 0.3) is 5.91 Å². The molecule has 2 atom stereocenters. The summed E-state index contributed by atoms with van der Waals surface area (Å²) in [7, 11) is 0. The van der Waals surface area contributed by atoms with Crippen LogP contribution in [0.4, 0.5) is 0 Å².